The van der Waals surface area contributed by atoms with E-state index in [-0.39, 0.29) is 23.2 Å². The van der Waals surface area contributed by atoms with E-state index in [1.165, 1.54) is 10.9 Å². The number of hydrogen-bond acceptors (Lipinski definition) is 4. The van der Waals surface area contributed by atoms with Crippen LogP contribution in [0.25, 0.3) is 5.65 Å². The maximum Gasteiger partial charge on any atom is 0.278 e. The van der Waals surface area contributed by atoms with Crippen molar-refractivity contribution in [1.82, 2.24) is 19.5 Å². The van der Waals surface area contributed by atoms with E-state index in [1.54, 1.807) is 12.0 Å². The zero-order valence-electron chi connectivity index (χ0n) is 13.3. The Bertz CT molecular complexity index is 834. The van der Waals surface area contributed by atoms with Gasteiger partial charge in [-0.2, -0.15) is 0 Å². The smallest absolute Gasteiger partial charge is 0.278 e. The number of aromatic amines is 1. The molecule has 1 aliphatic heterocycles. The van der Waals surface area contributed by atoms with Crippen molar-refractivity contribution in [3.05, 3.63) is 33.4 Å². The van der Waals surface area contributed by atoms with Gasteiger partial charge in [0.25, 0.3) is 11.5 Å². The average molecular weight is 316 g/mol. The molecule has 0 bridgehead atoms. The summed E-state index contributed by atoms with van der Waals surface area (Å²) >= 11 is 0. The largest absolute Gasteiger partial charge is 0.383 e. The van der Waals surface area contributed by atoms with Crippen LogP contribution in [-0.4, -0.2) is 45.2 Å². The van der Waals surface area contributed by atoms with Crippen molar-refractivity contribution in [2.24, 2.45) is 0 Å². The summed E-state index contributed by atoms with van der Waals surface area (Å²) in [6.45, 7) is 2.64. The Hall–Kier alpha value is -2.15. The highest BCUT2D eigenvalue weighted by Gasteiger charge is 2.35. The van der Waals surface area contributed by atoms with E-state index in [1.807, 2.05) is 13.0 Å². The van der Waals surface area contributed by atoms with Crippen molar-refractivity contribution in [1.29, 1.82) is 0 Å². The molecular weight excluding hydrogens is 296 g/mol. The Morgan fingerprint density at radius 1 is 1.43 bits per heavy atom. The number of methoxy groups -OCH3 is 1. The van der Waals surface area contributed by atoms with Crippen molar-refractivity contribution < 1.29 is 9.53 Å². The first-order valence-corrected chi connectivity index (χ1v) is 8.04. The number of carbonyl (C=O) groups is 1. The lowest BCUT2D eigenvalue weighted by atomic mass is 9.83. The summed E-state index contributed by atoms with van der Waals surface area (Å²) in [5, 5.41) is 3.17. The fourth-order valence-corrected chi connectivity index (χ4v) is 3.39. The summed E-state index contributed by atoms with van der Waals surface area (Å²) in [6, 6.07) is 1.81. The van der Waals surface area contributed by atoms with Gasteiger partial charge in [0.15, 0.2) is 5.65 Å². The molecule has 23 heavy (non-hydrogen) atoms. The summed E-state index contributed by atoms with van der Waals surface area (Å²) < 4.78 is 6.59. The predicted octanol–water partition coefficient (Wildman–Crippen LogP) is 1.28. The molecule has 0 unspecified atom stereocenters. The van der Waals surface area contributed by atoms with Crippen molar-refractivity contribution in [3.8, 4) is 0 Å². The molecule has 0 saturated heterocycles. The van der Waals surface area contributed by atoms with Crippen LogP contribution in [0, 0.1) is 0 Å². The number of nitrogens with zero attached hydrogens (tertiary/aromatic N) is 3. The molecule has 1 atom stereocenters. The van der Waals surface area contributed by atoms with Crippen molar-refractivity contribution in [2.45, 2.75) is 44.7 Å². The Morgan fingerprint density at radius 3 is 2.87 bits per heavy atom. The minimum absolute atomic E-state index is 0.0880. The molecule has 2 aliphatic rings. The maximum atomic E-state index is 12.7. The number of fused-ring (bicyclic) bond motifs is 2. The van der Waals surface area contributed by atoms with Gasteiger partial charge in [-0.05, 0) is 19.8 Å². The molecule has 0 radical (unpaired) electrons. The van der Waals surface area contributed by atoms with E-state index in [0.29, 0.717) is 30.3 Å². The van der Waals surface area contributed by atoms with Crippen LogP contribution in [0.5, 0.6) is 0 Å². The normalized spacial score (nSPS) is 19.2. The molecule has 1 saturated carbocycles. The number of hydrogen-bond donors (Lipinski definition) is 1. The van der Waals surface area contributed by atoms with E-state index in [9.17, 15) is 9.59 Å². The van der Waals surface area contributed by atoms with Crippen LogP contribution in [0.4, 0.5) is 0 Å². The molecule has 4 rings (SSSR count). The summed E-state index contributed by atoms with van der Waals surface area (Å²) in [7, 11) is 1.60. The molecule has 122 valence electrons. The monoisotopic (exact) mass is 316 g/mol. The number of rotatable bonds is 4. The van der Waals surface area contributed by atoms with Crippen LogP contribution in [0.3, 0.4) is 0 Å². The SMILES string of the molecule is COC[C@H](C)N1Cc2c(nc3cc(C4CCC4)[nH]n3c2=O)C1=O. The van der Waals surface area contributed by atoms with Gasteiger partial charge in [0.2, 0.25) is 0 Å². The Labute approximate surface area is 133 Å². The fourth-order valence-electron chi connectivity index (χ4n) is 3.39. The number of amides is 1. The van der Waals surface area contributed by atoms with Crippen LogP contribution >= 0.6 is 0 Å². The second kappa shape index (κ2) is 5.19. The van der Waals surface area contributed by atoms with Gasteiger partial charge < -0.3 is 9.64 Å². The molecule has 3 heterocycles. The molecule has 1 aliphatic carbocycles. The van der Waals surface area contributed by atoms with Gasteiger partial charge in [-0.15, -0.1) is 0 Å². The van der Waals surface area contributed by atoms with Crippen molar-refractivity contribution in [3.63, 3.8) is 0 Å². The highest BCUT2D eigenvalue weighted by Crippen LogP contribution is 2.35. The first-order valence-electron chi connectivity index (χ1n) is 8.04. The zero-order chi connectivity index (χ0) is 16.1. The lowest BCUT2D eigenvalue weighted by molar-refractivity contribution is 0.0584. The molecule has 2 aromatic rings. The maximum absolute atomic E-state index is 12.7. The first-order chi connectivity index (χ1) is 11.1. The highest BCUT2D eigenvalue weighted by atomic mass is 16.5. The minimum Gasteiger partial charge on any atom is -0.383 e. The average Bonchev–Trinajstić information content (AvgIpc) is 3.01. The van der Waals surface area contributed by atoms with Gasteiger partial charge in [-0.25, -0.2) is 9.50 Å². The van der Waals surface area contributed by atoms with Gasteiger partial charge >= 0.3 is 0 Å². The van der Waals surface area contributed by atoms with Crippen LogP contribution in [0.15, 0.2) is 10.9 Å². The predicted molar refractivity (Wildman–Crippen MR) is 83.6 cm³/mol. The molecule has 7 heteroatoms. The summed E-state index contributed by atoms with van der Waals surface area (Å²) in [4.78, 5) is 31.4. The van der Waals surface area contributed by atoms with E-state index in [4.69, 9.17) is 4.74 Å². The molecule has 1 fully saturated rings. The summed E-state index contributed by atoms with van der Waals surface area (Å²) in [6.07, 6.45) is 3.51. The van der Waals surface area contributed by atoms with Crippen LogP contribution in [0.1, 0.15) is 53.8 Å². The fraction of sp³-hybridized carbons (Fsp3) is 0.562. The number of aromatic nitrogens is 3. The van der Waals surface area contributed by atoms with Gasteiger partial charge in [0.05, 0.1) is 24.8 Å². The molecule has 0 aromatic carbocycles. The number of nitrogens with one attached hydrogen (secondary N) is 1. The topological polar surface area (TPSA) is 79.7 Å². The second-order valence-corrected chi connectivity index (χ2v) is 6.51. The van der Waals surface area contributed by atoms with Crippen LogP contribution in [0.2, 0.25) is 0 Å². The quantitative estimate of drug-likeness (QED) is 0.921. The molecule has 1 amide bonds. The van der Waals surface area contributed by atoms with Crippen LogP contribution < -0.4 is 5.56 Å². The number of ether oxygens (including phenoxy) is 1. The molecule has 2 aromatic heterocycles. The van der Waals surface area contributed by atoms with Crippen molar-refractivity contribution in [2.75, 3.05) is 13.7 Å². The summed E-state index contributed by atoms with van der Waals surface area (Å²) in [5.74, 6) is 0.301. The van der Waals surface area contributed by atoms with Gasteiger partial charge in [0, 0.05) is 24.8 Å². The Balaban J connectivity index is 1.75. The second-order valence-electron chi connectivity index (χ2n) is 6.51. The van der Waals surface area contributed by atoms with Gasteiger partial charge in [0.1, 0.15) is 5.69 Å². The minimum atomic E-state index is -0.185. The van der Waals surface area contributed by atoms with E-state index in [0.717, 1.165) is 18.5 Å². The lowest BCUT2D eigenvalue weighted by Gasteiger charge is -2.23. The molecule has 0 spiro atoms. The standard InChI is InChI=1S/C16H20N4O3/c1-9(8-23-2)19-7-11-14(16(19)22)17-13-6-12(10-4-3-5-10)18-20(13)15(11)21/h6,9-10,18H,3-5,7-8H2,1-2H3/t9-/m0/s1. The highest BCUT2D eigenvalue weighted by molar-refractivity contribution is 5.97. The number of H-pyrrole nitrogens is 1. The summed E-state index contributed by atoms with van der Waals surface area (Å²) in [5.41, 5.74) is 2.16. The van der Waals surface area contributed by atoms with Gasteiger partial charge in [-0.3, -0.25) is 14.7 Å². The van der Waals surface area contributed by atoms with Crippen LogP contribution in [-0.2, 0) is 11.3 Å². The van der Waals surface area contributed by atoms with E-state index in [2.05, 4.69) is 10.1 Å². The Kier molecular flexibility index (Phi) is 3.26. The lowest BCUT2D eigenvalue weighted by Crippen LogP contribution is -2.36. The number of carbonyl (C=O) groups excluding carboxylic acids is 1. The van der Waals surface area contributed by atoms with E-state index >= 15 is 0 Å². The molecule has 7 nitrogen and oxygen atoms in total. The van der Waals surface area contributed by atoms with Crippen molar-refractivity contribution >= 4 is 11.6 Å². The Morgan fingerprint density at radius 2 is 2.22 bits per heavy atom. The first kappa shape index (κ1) is 14.4. The van der Waals surface area contributed by atoms with Gasteiger partial charge in [-0.1, -0.05) is 6.42 Å². The third-order valence-corrected chi connectivity index (χ3v) is 5.00. The molecular formula is C16H20N4O3. The third-order valence-electron chi connectivity index (χ3n) is 5.00. The molecule has 1 N–H and O–H groups in total. The third kappa shape index (κ3) is 2.10. The zero-order valence-corrected chi connectivity index (χ0v) is 13.3. The van der Waals surface area contributed by atoms with E-state index < -0.39 is 0 Å².